The molecule has 2 heterocycles. The molecule has 1 aliphatic carbocycles. The minimum Gasteiger partial charge on any atom is -0.490 e. The lowest BCUT2D eigenvalue weighted by Crippen LogP contribution is -2.42. The first-order chi connectivity index (χ1) is 16.4. The third-order valence-electron chi connectivity index (χ3n) is 6.04. The van der Waals surface area contributed by atoms with Crippen molar-refractivity contribution in [1.29, 1.82) is 10.5 Å². The second kappa shape index (κ2) is 9.76. The summed E-state index contributed by atoms with van der Waals surface area (Å²) in [5.41, 5.74) is 8.89. The summed E-state index contributed by atoms with van der Waals surface area (Å²) in [5.74, 6) is -0.0509. The molecule has 0 amide bonds. The van der Waals surface area contributed by atoms with Crippen LogP contribution in [0.15, 0.2) is 35.4 Å². The number of benzene rings is 1. The van der Waals surface area contributed by atoms with Crippen molar-refractivity contribution < 1.29 is 14.3 Å². The number of ether oxygens (including phenoxy) is 2. The van der Waals surface area contributed by atoms with Gasteiger partial charge in [0.05, 0.1) is 29.6 Å². The van der Waals surface area contributed by atoms with Gasteiger partial charge >= 0.3 is 5.97 Å². The van der Waals surface area contributed by atoms with E-state index in [1.807, 2.05) is 12.3 Å². The quantitative estimate of drug-likeness (QED) is 0.396. The van der Waals surface area contributed by atoms with Crippen LogP contribution in [0.2, 0.25) is 0 Å². The van der Waals surface area contributed by atoms with E-state index in [4.69, 9.17) is 15.2 Å². The van der Waals surface area contributed by atoms with E-state index in [2.05, 4.69) is 17.1 Å². The van der Waals surface area contributed by atoms with Gasteiger partial charge in [0.25, 0.3) is 0 Å². The Morgan fingerprint density at radius 3 is 2.65 bits per heavy atom. The Kier molecular flexibility index (Phi) is 6.78. The number of imidazole rings is 1. The number of carbonyl (C=O) groups is 1. The van der Waals surface area contributed by atoms with Gasteiger partial charge in [-0.1, -0.05) is 12.8 Å². The van der Waals surface area contributed by atoms with E-state index < -0.39 is 5.97 Å². The number of aromatic nitrogens is 2. The number of nitrogens with zero attached hydrogens (tertiary/aromatic N) is 4. The summed E-state index contributed by atoms with van der Waals surface area (Å²) < 4.78 is 12.9. The summed E-state index contributed by atoms with van der Waals surface area (Å²) in [6, 6.07) is 11.2. The van der Waals surface area contributed by atoms with Gasteiger partial charge in [0.2, 0.25) is 0 Å². The number of nitrogens with two attached hydrogens (primary N) is 1. The minimum absolute atomic E-state index is 0.237. The van der Waals surface area contributed by atoms with Crippen LogP contribution >= 0.6 is 11.8 Å². The predicted molar refractivity (Wildman–Crippen MR) is 129 cm³/mol. The van der Waals surface area contributed by atoms with E-state index in [1.54, 1.807) is 29.7 Å². The van der Waals surface area contributed by atoms with Crippen LogP contribution in [0.25, 0.3) is 16.9 Å². The zero-order valence-electron chi connectivity index (χ0n) is 19.1. The second-order valence-corrected chi connectivity index (χ2v) is 9.17. The Labute approximate surface area is 202 Å². The number of nitriles is 2. The molecule has 0 radical (unpaired) electrons. The highest BCUT2D eigenvalue weighted by atomic mass is 32.2. The van der Waals surface area contributed by atoms with Crippen LogP contribution in [-0.2, 0) is 4.74 Å². The smallest absolute Gasteiger partial charge is 0.338 e. The molecular formula is C25H25N5O3S. The fraction of sp³-hybridized carbons (Fsp3) is 0.360. The lowest BCUT2D eigenvalue weighted by Gasteiger charge is -2.24. The molecule has 1 fully saturated rings. The van der Waals surface area contributed by atoms with E-state index in [-0.39, 0.29) is 23.4 Å². The lowest BCUT2D eigenvalue weighted by molar-refractivity contribution is 0.0526. The molecule has 0 spiro atoms. The molecule has 9 heteroatoms. The zero-order chi connectivity index (χ0) is 24.3. The maximum Gasteiger partial charge on any atom is 0.338 e. The molecule has 2 N–H and O–H groups in total. The first-order valence-corrected chi connectivity index (χ1v) is 12.3. The molecule has 174 valence electrons. The van der Waals surface area contributed by atoms with E-state index in [9.17, 15) is 15.3 Å². The molecule has 0 unspecified atom stereocenters. The number of hydrogen-bond acceptors (Lipinski definition) is 8. The van der Waals surface area contributed by atoms with Crippen LogP contribution in [0.1, 0.15) is 54.2 Å². The summed E-state index contributed by atoms with van der Waals surface area (Å²) in [7, 11) is 0. The third-order valence-corrected chi connectivity index (χ3v) is 6.80. The van der Waals surface area contributed by atoms with Crippen molar-refractivity contribution in [2.24, 2.45) is 5.73 Å². The Balaban J connectivity index is 1.80. The average molecular weight is 476 g/mol. The first-order valence-electron chi connectivity index (χ1n) is 11.1. The van der Waals surface area contributed by atoms with E-state index in [0.717, 1.165) is 36.1 Å². The maximum absolute atomic E-state index is 12.2. The first kappa shape index (κ1) is 23.6. The van der Waals surface area contributed by atoms with Crippen molar-refractivity contribution in [1.82, 2.24) is 9.38 Å². The molecule has 4 rings (SSSR count). The maximum atomic E-state index is 12.2. The molecular weight excluding hydrogens is 450 g/mol. The number of rotatable bonds is 7. The SMILES string of the molecule is CCOC(=O)c1cc(C#N)n2c(-c3cc(OCC4(N)CCCC4)c(C#N)c(SC)c3)cnc2c1. The van der Waals surface area contributed by atoms with Gasteiger partial charge in [0.15, 0.2) is 0 Å². The van der Waals surface area contributed by atoms with Crippen molar-refractivity contribution >= 4 is 23.4 Å². The van der Waals surface area contributed by atoms with E-state index in [1.165, 1.54) is 17.8 Å². The fourth-order valence-electron chi connectivity index (χ4n) is 4.30. The lowest BCUT2D eigenvalue weighted by atomic mass is 10.0. The number of thioether (sulfide) groups is 1. The van der Waals surface area contributed by atoms with Crippen molar-refractivity contribution in [2.75, 3.05) is 19.5 Å². The molecule has 2 aromatic heterocycles. The Hall–Kier alpha value is -3.53. The number of fused-ring (bicyclic) bond motifs is 1. The number of pyridine rings is 1. The molecule has 0 saturated heterocycles. The standard InChI is InChI=1S/C25H25N5O3S/c1-3-32-24(31)17-8-18(12-26)30-20(14-29-23(30)11-17)16-9-21(19(13-27)22(10-16)34-2)33-15-25(28)6-4-5-7-25/h8-11,14H,3-7,15,28H2,1-2H3. The fourth-order valence-corrected chi connectivity index (χ4v) is 4.89. The summed E-state index contributed by atoms with van der Waals surface area (Å²) in [5, 5.41) is 19.6. The van der Waals surface area contributed by atoms with Crippen molar-refractivity contribution in [3.05, 3.63) is 47.3 Å². The molecule has 3 aromatic rings. The Morgan fingerprint density at radius 1 is 1.24 bits per heavy atom. The van der Waals surface area contributed by atoms with Gasteiger partial charge in [-0.15, -0.1) is 11.8 Å². The van der Waals surface area contributed by atoms with Crippen LogP contribution in [0.4, 0.5) is 0 Å². The predicted octanol–water partition coefficient (Wildman–Crippen LogP) is 4.29. The Morgan fingerprint density at radius 2 is 2.00 bits per heavy atom. The van der Waals surface area contributed by atoms with Gasteiger partial charge in [-0.3, -0.25) is 4.40 Å². The zero-order valence-corrected chi connectivity index (χ0v) is 19.9. The average Bonchev–Trinajstić information content (AvgIpc) is 3.48. The van der Waals surface area contributed by atoms with Gasteiger partial charge in [-0.05, 0) is 50.3 Å². The number of carbonyl (C=O) groups excluding carboxylic acids is 1. The van der Waals surface area contributed by atoms with Gasteiger partial charge in [-0.25, -0.2) is 9.78 Å². The Bertz CT molecular complexity index is 1330. The summed E-state index contributed by atoms with van der Waals surface area (Å²) in [6.45, 7) is 2.29. The monoisotopic (exact) mass is 475 g/mol. The number of hydrogen-bond donors (Lipinski definition) is 1. The van der Waals surface area contributed by atoms with E-state index in [0.29, 0.717) is 29.3 Å². The van der Waals surface area contributed by atoms with Gasteiger partial charge < -0.3 is 15.2 Å². The molecule has 1 aromatic carbocycles. The molecule has 0 bridgehead atoms. The summed E-state index contributed by atoms with van der Waals surface area (Å²) in [4.78, 5) is 17.4. The minimum atomic E-state index is -0.507. The highest BCUT2D eigenvalue weighted by molar-refractivity contribution is 7.98. The molecule has 0 atom stereocenters. The van der Waals surface area contributed by atoms with Crippen molar-refractivity contribution in [2.45, 2.75) is 43.0 Å². The topological polar surface area (TPSA) is 126 Å². The second-order valence-electron chi connectivity index (χ2n) is 8.32. The van der Waals surface area contributed by atoms with Crippen LogP contribution in [0, 0.1) is 22.7 Å². The molecule has 8 nitrogen and oxygen atoms in total. The van der Waals surface area contributed by atoms with Gasteiger partial charge in [0.1, 0.15) is 41.4 Å². The van der Waals surface area contributed by atoms with Crippen LogP contribution in [0.5, 0.6) is 5.75 Å². The molecule has 34 heavy (non-hydrogen) atoms. The number of esters is 1. The summed E-state index contributed by atoms with van der Waals surface area (Å²) in [6.07, 6.45) is 7.48. The van der Waals surface area contributed by atoms with Crippen LogP contribution in [-0.4, -0.2) is 40.4 Å². The van der Waals surface area contributed by atoms with Crippen LogP contribution < -0.4 is 10.5 Å². The molecule has 1 saturated carbocycles. The van der Waals surface area contributed by atoms with Crippen molar-refractivity contribution in [3.63, 3.8) is 0 Å². The largest absolute Gasteiger partial charge is 0.490 e. The normalized spacial score (nSPS) is 14.5. The molecule has 0 aliphatic heterocycles. The van der Waals surface area contributed by atoms with Gasteiger partial charge in [-0.2, -0.15) is 10.5 Å². The van der Waals surface area contributed by atoms with E-state index >= 15 is 0 Å². The molecule has 1 aliphatic rings. The summed E-state index contributed by atoms with van der Waals surface area (Å²) >= 11 is 1.44. The highest BCUT2D eigenvalue weighted by Gasteiger charge is 2.30. The van der Waals surface area contributed by atoms with Crippen molar-refractivity contribution in [3.8, 4) is 29.1 Å². The highest BCUT2D eigenvalue weighted by Crippen LogP contribution is 2.36. The van der Waals surface area contributed by atoms with Crippen LogP contribution in [0.3, 0.4) is 0 Å². The van der Waals surface area contributed by atoms with Gasteiger partial charge in [0, 0.05) is 10.5 Å². The third kappa shape index (κ3) is 4.45.